The molecule has 1 amide bonds. The monoisotopic (exact) mass is 355 g/mol. The van der Waals surface area contributed by atoms with E-state index in [9.17, 15) is 9.59 Å². The van der Waals surface area contributed by atoms with Gasteiger partial charge in [0.1, 0.15) is 19.0 Å². The number of fused-ring (bicyclic) bond motifs is 1. The molecule has 0 aromatic heterocycles. The average molecular weight is 355 g/mol. The van der Waals surface area contributed by atoms with Crippen molar-refractivity contribution < 1.29 is 23.8 Å². The second-order valence-electron chi connectivity index (χ2n) is 6.06. The number of nitrogens with one attached hydrogen (secondary N) is 1. The molecule has 1 aliphatic rings. The highest BCUT2D eigenvalue weighted by molar-refractivity contribution is 5.94. The lowest BCUT2D eigenvalue weighted by atomic mass is 10.1. The second-order valence-corrected chi connectivity index (χ2v) is 6.06. The second kappa shape index (κ2) is 7.91. The zero-order chi connectivity index (χ0) is 18.5. The third-order valence-electron chi connectivity index (χ3n) is 4.07. The lowest BCUT2D eigenvalue weighted by Gasteiger charge is -2.21. The highest BCUT2D eigenvalue weighted by Crippen LogP contribution is 2.32. The van der Waals surface area contributed by atoms with Gasteiger partial charge in [-0.2, -0.15) is 0 Å². The van der Waals surface area contributed by atoms with E-state index in [2.05, 4.69) is 5.32 Å². The summed E-state index contributed by atoms with van der Waals surface area (Å²) in [4.78, 5) is 23.4. The van der Waals surface area contributed by atoms with Crippen LogP contribution in [0.1, 0.15) is 35.8 Å². The quantitative estimate of drug-likeness (QED) is 0.807. The normalized spacial score (nSPS) is 13.6. The summed E-state index contributed by atoms with van der Waals surface area (Å²) in [6.07, 6.45) is 0. The summed E-state index contributed by atoms with van der Waals surface area (Å²) in [5.74, 6) is 1.70. The van der Waals surface area contributed by atoms with E-state index in [1.807, 2.05) is 25.1 Å². The van der Waals surface area contributed by atoms with E-state index in [1.54, 1.807) is 24.3 Å². The van der Waals surface area contributed by atoms with Crippen LogP contribution < -0.4 is 19.5 Å². The molecule has 0 unspecified atom stereocenters. The number of Topliss-reactive ketones (excluding diaryl/α,β-unsaturated/α-hetero) is 1. The van der Waals surface area contributed by atoms with Gasteiger partial charge in [-0.05, 0) is 55.8 Å². The Kier molecular flexibility index (Phi) is 5.41. The van der Waals surface area contributed by atoms with Crippen molar-refractivity contribution in [3.8, 4) is 17.2 Å². The van der Waals surface area contributed by atoms with Gasteiger partial charge in [0.05, 0.1) is 6.04 Å². The average Bonchev–Trinajstić information content (AvgIpc) is 2.66. The van der Waals surface area contributed by atoms with E-state index in [1.165, 1.54) is 6.92 Å². The first-order valence-electron chi connectivity index (χ1n) is 8.45. The van der Waals surface area contributed by atoms with Crippen LogP contribution in [0, 0.1) is 0 Å². The predicted octanol–water partition coefficient (Wildman–Crippen LogP) is 2.92. The van der Waals surface area contributed by atoms with Gasteiger partial charge in [0.15, 0.2) is 23.9 Å². The van der Waals surface area contributed by atoms with Crippen molar-refractivity contribution in [1.29, 1.82) is 0 Å². The number of hydrogen-bond acceptors (Lipinski definition) is 5. The zero-order valence-corrected chi connectivity index (χ0v) is 14.8. The molecular formula is C20H21NO5. The Balaban J connectivity index is 1.53. The Labute approximate surface area is 152 Å². The van der Waals surface area contributed by atoms with Crippen LogP contribution in [0.25, 0.3) is 0 Å². The van der Waals surface area contributed by atoms with E-state index in [0.717, 1.165) is 11.3 Å². The van der Waals surface area contributed by atoms with Crippen molar-refractivity contribution >= 4 is 11.7 Å². The predicted molar refractivity (Wildman–Crippen MR) is 95.9 cm³/mol. The van der Waals surface area contributed by atoms with Crippen LogP contribution in [-0.2, 0) is 4.79 Å². The van der Waals surface area contributed by atoms with Gasteiger partial charge in [-0.15, -0.1) is 0 Å². The molecule has 0 saturated heterocycles. The minimum atomic E-state index is -0.233. The van der Waals surface area contributed by atoms with Crippen LogP contribution in [0.2, 0.25) is 0 Å². The number of ether oxygens (including phenoxy) is 3. The maximum absolute atomic E-state index is 12.1. The molecule has 0 fully saturated rings. The summed E-state index contributed by atoms with van der Waals surface area (Å²) >= 11 is 0. The lowest BCUT2D eigenvalue weighted by Crippen LogP contribution is -2.31. The van der Waals surface area contributed by atoms with Gasteiger partial charge < -0.3 is 19.5 Å². The van der Waals surface area contributed by atoms with Crippen molar-refractivity contribution in [2.45, 2.75) is 19.9 Å². The molecule has 136 valence electrons. The van der Waals surface area contributed by atoms with Crippen LogP contribution in [-0.4, -0.2) is 31.5 Å². The number of benzene rings is 2. The Morgan fingerprint density at radius 1 is 1.08 bits per heavy atom. The summed E-state index contributed by atoms with van der Waals surface area (Å²) in [5.41, 5.74) is 1.53. The van der Waals surface area contributed by atoms with Gasteiger partial charge in [0.2, 0.25) is 0 Å². The molecule has 0 saturated carbocycles. The molecule has 1 heterocycles. The molecule has 26 heavy (non-hydrogen) atoms. The fourth-order valence-electron chi connectivity index (χ4n) is 2.63. The lowest BCUT2D eigenvalue weighted by molar-refractivity contribution is -0.123. The van der Waals surface area contributed by atoms with Gasteiger partial charge >= 0.3 is 0 Å². The van der Waals surface area contributed by atoms with Gasteiger partial charge in [-0.25, -0.2) is 0 Å². The number of amides is 1. The standard InChI is InChI=1S/C20H21NO5/c1-13(16-5-8-18-19(11-16)25-10-9-24-18)21-20(23)12-26-17-6-3-15(4-7-17)14(2)22/h3-8,11,13H,9-10,12H2,1-2H3,(H,21,23)/t13-/m1/s1. The highest BCUT2D eigenvalue weighted by Gasteiger charge is 2.16. The summed E-state index contributed by atoms with van der Waals surface area (Å²) in [6.45, 7) is 4.36. The number of carbonyl (C=O) groups excluding carboxylic acids is 2. The number of hydrogen-bond donors (Lipinski definition) is 1. The van der Waals surface area contributed by atoms with Crippen LogP contribution in [0.3, 0.4) is 0 Å². The highest BCUT2D eigenvalue weighted by atomic mass is 16.6. The first-order valence-corrected chi connectivity index (χ1v) is 8.45. The van der Waals surface area contributed by atoms with Crippen LogP contribution in [0.4, 0.5) is 0 Å². The molecule has 0 aliphatic carbocycles. The number of carbonyl (C=O) groups is 2. The van der Waals surface area contributed by atoms with Gasteiger partial charge in [-0.3, -0.25) is 9.59 Å². The Bertz CT molecular complexity index is 800. The van der Waals surface area contributed by atoms with E-state index < -0.39 is 0 Å². The van der Waals surface area contributed by atoms with E-state index >= 15 is 0 Å². The van der Waals surface area contributed by atoms with Gasteiger partial charge in [0, 0.05) is 5.56 Å². The fraction of sp³-hybridized carbons (Fsp3) is 0.300. The molecule has 0 radical (unpaired) electrons. The van der Waals surface area contributed by atoms with Crippen molar-refractivity contribution in [2.75, 3.05) is 19.8 Å². The topological polar surface area (TPSA) is 73.9 Å². The minimum Gasteiger partial charge on any atom is -0.486 e. The molecule has 1 N–H and O–H groups in total. The van der Waals surface area contributed by atoms with Crippen LogP contribution in [0.5, 0.6) is 17.2 Å². The Morgan fingerprint density at radius 3 is 2.46 bits per heavy atom. The van der Waals surface area contributed by atoms with Crippen molar-refractivity contribution in [3.05, 3.63) is 53.6 Å². The molecule has 6 heteroatoms. The van der Waals surface area contributed by atoms with Crippen LogP contribution >= 0.6 is 0 Å². The summed E-state index contributed by atoms with van der Waals surface area (Å²) < 4.78 is 16.5. The van der Waals surface area contributed by atoms with Crippen molar-refractivity contribution in [1.82, 2.24) is 5.32 Å². The largest absolute Gasteiger partial charge is 0.486 e. The fourth-order valence-corrected chi connectivity index (χ4v) is 2.63. The third kappa shape index (κ3) is 4.33. The first kappa shape index (κ1) is 17.8. The minimum absolute atomic E-state index is 0.0115. The molecule has 0 bridgehead atoms. The Hall–Kier alpha value is -3.02. The summed E-state index contributed by atoms with van der Waals surface area (Å²) in [5, 5.41) is 2.89. The zero-order valence-electron chi connectivity index (χ0n) is 14.8. The smallest absolute Gasteiger partial charge is 0.258 e. The van der Waals surface area contributed by atoms with Crippen molar-refractivity contribution in [3.63, 3.8) is 0 Å². The number of ketones is 1. The molecule has 1 aliphatic heterocycles. The molecule has 2 aromatic carbocycles. The Morgan fingerprint density at radius 2 is 1.77 bits per heavy atom. The van der Waals surface area contributed by atoms with E-state index in [0.29, 0.717) is 30.3 Å². The van der Waals surface area contributed by atoms with Crippen LogP contribution in [0.15, 0.2) is 42.5 Å². The molecule has 6 nitrogen and oxygen atoms in total. The maximum atomic E-state index is 12.1. The summed E-state index contributed by atoms with van der Waals surface area (Å²) in [6, 6.07) is 12.1. The van der Waals surface area contributed by atoms with E-state index in [-0.39, 0.29) is 24.3 Å². The van der Waals surface area contributed by atoms with Gasteiger partial charge in [-0.1, -0.05) is 6.07 Å². The molecule has 3 rings (SSSR count). The third-order valence-corrected chi connectivity index (χ3v) is 4.07. The SMILES string of the molecule is CC(=O)c1ccc(OCC(=O)N[C@H](C)c2ccc3c(c2)OCCO3)cc1. The van der Waals surface area contributed by atoms with E-state index in [4.69, 9.17) is 14.2 Å². The summed E-state index contributed by atoms with van der Waals surface area (Å²) in [7, 11) is 0. The molecule has 0 spiro atoms. The maximum Gasteiger partial charge on any atom is 0.258 e. The molecule has 2 aromatic rings. The number of rotatable bonds is 6. The first-order chi connectivity index (χ1) is 12.5. The van der Waals surface area contributed by atoms with Crippen molar-refractivity contribution in [2.24, 2.45) is 0 Å². The molecule has 1 atom stereocenters. The van der Waals surface area contributed by atoms with Gasteiger partial charge in [0.25, 0.3) is 5.91 Å². The molecular weight excluding hydrogens is 334 g/mol.